The molecule has 2 aromatic rings. The van der Waals surface area contributed by atoms with Crippen molar-refractivity contribution in [3.8, 4) is 5.75 Å². The summed E-state index contributed by atoms with van der Waals surface area (Å²) in [5, 5.41) is 11.3. The van der Waals surface area contributed by atoms with Crippen molar-refractivity contribution >= 4 is 56.1 Å². The molecule has 0 unspecified atom stereocenters. The highest BCUT2D eigenvalue weighted by Gasteiger charge is 2.36. The summed E-state index contributed by atoms with van der Waals surface area (Å²) < 4.78 is 0.817. The number of benzene rings is 1. The molecule has 1 atom stereocenters. The zero-order valence-electron chi connectivity index (χ0n) is 12.7. The molecule has 1 aromatic carbocycles. The number of nitrogens with zero attached hydrogens (tertiary/aromatic N) is 3. The molecule has 2 aliphatic heterocycles. The minimum absolute atomic E-state index is 0.0542. The number of phenolic OH excluding ortho intramolecular Hbond substituents is 1. The molecule has 2 aliphatic rings. The van der Waals surface area contributed by atoms with Gasteiger partial charge in [-0.1, -0.05) is 0 Å². The summed E-state index contributed by atoms with van der Waals surface area (Å²) in [7, 11) is 0. The highest BCUT2D eigenvalue weighted by molar-refractivity contribution is 8.15. The van der Waals surface area contributed by atoms with E-state index in [0.717, 1.165) is 10.2 Å². The van der Waals surface area contributed by atoms with Crippen LogP contribution in [-0.2, 0) is 19.2 Å². The van der Waals surface area contributed by atoms with E-state index in [1.807, 2.05) is 0 Å². The van der Waals surface area contributed by atoms with Crippen LogP contribution in [0, 0.1) is 0 Å². The topological polar surface area (TPSA) is 109 Å². The predicted octanol–water partition coefficient (Wildman–Crippen LogP) is 1.47. The number of hydrogen-bond donors (Lipinski definition) is 1. The van der Waals surface area contributed by atoms with Crippen LogP contribution in [0.5, 0.6) is 5.75 Å². The van der Waals surface area contributed by atoms with E-state index in [0.29, 0.717) is 20.9 Å². The molecule has 4 rings (SSSR count). The average Bonchev–Trinajstić information content (AvgIpc) is 3.28. The predicted molar refractivity (Wildman–Crippen MR) is 91.2 cm³/mol. The quantitative estimate of drug-likeness (QED) is 0.807. The fourth-order valence-electron chi connectivity index (χ4n) is 2.43. The van der Waals surface area contributed by atoms with E-state index in [2.05, 4.69) is 9.98 Å². The summed E-state index contributed by atoms with van der Waals surface area (Å²) in [6, 6.07) is 4.09. The van der Waals surface area contributed by atoms with E-state index in [9.17, 15) is 19.5 Å². The van der Waals surface area contributed by atoms with Gasteiger partial charge in [-0.2, -0.15) is 0 Å². The van der Waals surface area contributed by atoms with Crippen LogP contribution in [0.15, 0.2) is 23.2 Å². The van der Waals surface area contributed by atoms with Gasteiger partial charge in [0, 0.05) is 18.6 Å². The second-order valence-corrected chi connectivity index (χ2v) is 7.46. The lowest BCUT2D eigenvalue weighted by Crippen LogP contribution is -2.36. The molecule has 1 N–H and O–H groups in total. The lowest BCUT2D eigenvalue weighted by molar-refractivity contribution is -0.197. The van der Waals surface area contributed by atoms with Crippen molar-refractivity contribution in [2.24, 2.45) is 4.99 Å². The third-order valence-corrected chi connectivity index (χ3v) is 5.87. The Hall–Kier alpha value is -2.46. The number of thioether (sulfide) groups is 1. The Morgan fingerprint density at radius 2 is 2.04 bits per heavy atom. The van der Waals surface area contributed by atoms with Crippen LogP contribution >= 0.6 is 23.1 Å². The van der Waals surface area contributed by atoms with Gasteiger partial charge in [-0.3, -0.25) is 14.6 Å². The number of aromatic nitrogens is 1. The molecule has 1 aromatic heterocycles. The highest BCUT2D eigenvalue weighted by atomic mass is 32.2. The molecule has 8 nitrogen and oxygen atoms in total. The van der Waals surface area contributed by atoms with Gasteiger partial charge >= 0.3 is 5.97 Å². The monoisotopic (exact) mass is 377 g/mol. The molecule has 0 saturated carbocycles. The van der Waals surface area contributed by atoms with Crippen LogP contribution in [0.25, 0.3) is 10.2 Å². The number of carbonyl (C=O) groups is 3. The first-order valence-corrected chi connectivity index (χ1v) is 9.19. The van der Waals surface area contributed by atoms with Crippen LogP contribution in [0.1, 0.15) is 17.8 Å². The van der Waals surface area contributed by atoms with Gasteiger partial charge < -0.3 is 9.94 Å². The Kier molecular flexibility index (Phi) is 3.92. The van der Waals surface area contributed by atoms with E-state index in [1.54, 1.807) is 18.2 Å². The highest BCUT2D eigenvalue weighted by Crippen LogP contribution is 2.31. The van der Waals surface area contributed by atoms with Crippen LogP contribution in [0.2, 0.25) is 0 Å². The summed E-state index contributed by atoms with van der Waals surface area (Å²) >= 11 is 2.72. The number of amides is 2. The smallest absolute Gasteiger partial charge is 0.358 e. The molecule has 0 spiro atoms. The fourth-order valence-corrected chi connectivity index (χ4v) is 4.51. The number of aliphatic imine (C=N–C) groups is 1. The summed E-state index contributed by atoms with van der Waals surface area (Å²) in [4.78, 5) is 48.8. The minimum Gasteiger partial charge on any atom is -0.508 e. The molecule has 0 bridgehead atoms. The lowest BCUT2D eigenvalue weighted by Gasteiger charge is -2.13. The molecular formula is C15H11N3O5S2. The lowest BCUT2D eigenvalue weighted by atomic mass is 10.3. The Morgan fingerprint density at radius 3 is 2.80 bits per heavy atom. The van der Waals surface area contributed by atoms with Crippen molar-refractivity contribution in [1.29, 1.82) is 0 Å². The summed E-state index contributed by atoms with van der Waals surface area (Å²) in [6.45, 7) is 0. The maximum Gasteiger partial charge on any atom is 0.358 e. The largest absolute Gasteiger partial charge is 0.508 e. The molecule has 1 fully saturated rings. The van der Waals surface area contributed by atoms with Crippen LogP contribution in [0.3, 0.4) is 0 Å². The maximum atomic E-state index is 12.1. The molecule has 0 aliphatic carbocycles. The van der Waals surface area contributed by atoms with Crippen molar-refractivity contribution in [2.45, 2.75) is 18.9 Å². The first-order chi connectivity index (χ1) is 12.0. The Bertz CT molecular complexity index is 922. The van der Waals surface area contributed by atoms with Crippen molar-refractivity contribution in [1.82, 2.24) is 10.0 Å². The number of rotatable bonds is 3. The van der Waals surface area contributed by atoms with Crippen molar-refractivity contribution in [3.63, 3.8) is 0 Å². The summed E-state index contributed by atoms with van der Waals surface area (Å²) in [6.07, 6.45) is 0.108. The SMILES string of the molecule is O=C(ON1C(=O)CCC1=O)[C@H]1CSC(c2nc3ccc(O)cc3s2)=N1. The molecule has 2 amide bonds. The molecule has 0 radical (unpaired) electrons. The first-order valence-electron chi connectivity index (χ1n) is 7.39. The van der Waals surface area contributed by atoms with Crippen molar-refractivity contribution in [2.75, 3.05) is 5.75 Å². The van der Waals surface area contributed by atoms with Gasteiger partial charge in [0.1, 0.15) is 15.8 Å². The van der Waals surface area contributed by atoms with Crippen molar-refractivity contribution in [3.05, 3.63) is 23.2 Å². The van der Waals surface area contributed by atoms with Crippen LogP contribution in [-0.4, -0.2) is 49.8 Å². The average molecular weight is 377 g/mol. The molecule has 25 heavy (non-hydrogen) atoms. The Labute approximate surface area is 149 Å². The minimum atomic E-state index is -0.790. The standard InChI is InChI=1S/C15H11N3O5S2/c19-7-1-2-8-10(5-7)25-14(16-8)13-17-9(6-24-13)15(22)23-18-11(20)3-4-12(18)21/h1-2,5,9,19H,3-4,6H2/t9-/m1/s1. The van der Waals surface area contributed by atoms with Gasteiger partial charge in [-0.05, 0) is 18.2 Å². The van der Waals surface area contributed by atoms with Gasteiger partial charge in [-0.25, -0.2) is 9.78 Å². The second kappa shape index (κ2) is 6.12. The fraction of sp³-hybridized carbons (Fsp3) is 0.267. The molecule has 1 saturated heterocycles. The van der Waals surface area contributed by atoms with Crippen LogP contribution < -0.4 is 0 Å². The zero-order chi connectivity index (χ0) is 17.6. The number of hydrogen-bond acceptors (Lipinski definition) is 9. The van der Waals surface area contributed by atoms with E-state index in [1.165, 1.54) is 23.1 Å². The molecular weight excluding hydrogens is 366 g/mol. The number of hydroxylamine groups is 2. The van der Waals surface area contributed by atoms with E-state index in [4.69, 9.17) is 4.84 Å². The van der Waals surface area contributed by atoms with Crippen molar-refractivity contribution < 1.29 is 24.3 Å². The summed E-state index contributed by atoms with van der Waals surface area (Å²) in [5.74, 6) is -1.25. The van der Waals surface area contributed by atoms with E-state index < -0.39 is 23.8 Å². The Morgan fingerprint density at radius 1 is 1.28 bits per heavy atom. The van der Waals surface area contributed by atoms with E-state index in [-0.39, 0.29) is 18.6 Å². The normalized spacial score (nSPS) is 20.4. The van der Waals surface area contributed by atoms with Gasteiger partial charge in [0.2, 0.25) is 0 Å². The van der Waals surface area contributed by atoms with Crippen LogP contribution in [0.4, 0.5) is 0 Å². The van der Waals surface area contributed by atoms with E-state index >= 15 is 0 Å². The number of imide groups is 1. The molecule has 3 heterocycles. The number of carbonyl (C=O) groups excluding carboxylic acids is 3. The van der Waals surface area contributed by atoms with Gasteiger partial charge in [0.05, 0.1) is 10.2 Å². The molecule has 128 valence electrons. The third-order valence-electron chi connectivity index (χ3n) is 3.67. The summed E-state index contributed by atoms with van der Waals surface area (Å²) in [5.41, 5.74) is 0.736. The first kappa shape index (κ1) is 16.0. The zero-order valence-corrected chi connectivity index (χ0v) is 14.3. The Balaban J connectivity index is 1.51. The third kappa shape index (κ3) is 2.98. The van der Waals surface area contributed by atoms with Gasteiger partial charge in [0.25, 0.3) is 11.8 Å². The van der Waals surface area contributed by atoms with Gasteiger partial charge in [0.15, 0.2) is 6.04 Å². The number of phenols is 1. The number of thiazole rings is 1. The van der Waals surface area contributed by atoms with Gasteiger partial charge in [-0.15, -0.1) is 28.2 Å². The maximum absolute atomic E-state index is 12.1. The second-order valence-electron chi connectivity index (χ2n) is 5.42. The number of aromatic hydroxyl groups is 1. The number of fused-ring (bicyclic) bond motifs is 1. The molecule has 10 heteroatoms.